The van der Waals surface area contributed by atoms with Crippen molar-refractivity contribution >= 4 is 28.4 Å². The van der Waals surface area contributed by atoms with Crippen molar-refractivity contribution in [3.8, 4) is 0 Å². The zero-order chi connectivity index (χ0) is 11.8. The lowest BCUT2D eigenvalue weighted by Crippen LogP contribution is -2.24. The quantitative estimate of drug-likeness (QED) is 0.847. The van der Waals surface area contributed by atoms with Gasteiger partial charge in [-0.2, -0.15) is 0 Å². The molecule has 3 rings (SSSR count). The van der Waals surface area contributed by atoms with Gasteiger partial charge in [-0.05, 0) is 37.1 Å². The van der Waals surface area contributed by atoms with Crippen LogP contribution in [0.5, 0.6) is 0 Å². The van der Waals surface area contributed by atoms with Gasteiger partial charge in [-0.1, -0.05) is 11.6 Å². The number of nitrogens with one attached hydrogen (secondary N) is 1. The summed E-state index contributed by atoms with van der Waals surface area (Å²) in [4.78, 5) is 11.8. The fourth-order valence-electron chi connectivity index (χ4n) is 1.76. The molecule has 1 aliphatic carbocycles. The van der Waals surface area contributed by atoms with Crippen LogP contribution in [0.3, 0.4) is 0 Å². The Bertz CT molecular complexity index is 572. The Kier molecular flexibility index (Phi) is 2.65. The highest BCUT2D eigenvalue weighted by Crippen LogP contribution is 2.23. The summed E-state index contributed by atoms with van der Waals surface area (Å²) >= 11 is 5.88. The molecule has 0 bridgehead atoms. The fraction of sp³-hybridized carbons (Fsp3) is 0.308. The predicted octanol–water partition coefficient (Wildman–Crippen LogP) is 3.02. The third-order valence-electron chi connectivity index (χ3n) is 2.88. The maximum Gasteiger partial charge on any atom is 0.211 e. The lowest BCUT2D eigenvalue weighted by Gasteiger charge is -1.98. The topological polar surface area (TPSA) is 42.2 Å². The van der Waals surface area contributed by atoms with Gasteiger partial charge in [-0.3, -0.25) is 4.79 Å². The van der Waals surface area contributed by atoms with Crippen molar-refractivity contribution in [3.63, 3.8) is 0 Å². The number of Topliss-reactive ketones (excluding diaryl/α,β-unsaturated/α-hetero) is 1. The highest BCUT2D eigenvalue weighted by Gasteiger charge is 2.22. The Morgan fingerprint density at radius 3 is 3.00 bits per heavy atom. The van der Waals surface area contributed by atoms with E-state index >= 15 is 0 Å². The van der Waals surface area contributed by atoms with Crippen LogP contribution in [0.25, 0.3) is 11.0 Å². The monoisotopic (exact) mass is 249 g/mol. The summed E-state index contributed by atoms with van der Waals surface area (Å²) in [5, 5.41) is 4.69. The molecule has 17 heavy (non-hydrogen) atoms. The molecule has 2 aromatic rings. The molecule has 0 aliphatic heterocycles. The fourth-order valence-corrected chi connectivity index (χ4v) is 1.94. The van der Waals surface area contributed by atoms with Gasteiger partial charge in [-0.25, -0.2) is 0 Å². The van der Waals surface area contributed by atoms with E-state index in [2.05, 4.69) is 5.32 Å². The molecule has 88 valence electrons. The smallest absolute Gasteiger partial charge is 0.211 e. The first-order valence-corrected chi connectivity index (χ1v) is 6.06. The number of furan rings is 1. The number of ketones is 1. The number of hydrogen-bond acceptors (Lipinski definition) is 3. The first-order valence-electron chi connectivity index (χ1n) is 5.68. The largest absolute Gasteiger partial charge is 0.453 e. The van der Waals surface area contributed by atoms with Gasteiger partial charge in [-0.15, -0.1) is 0 Å². The molecular weight excluding hydrogens is 238 g/mol. The molecule has 1 aromatic carbocycles. The Balaban J connectivity index is 1.81. The number of halogens is 1. The summed E-state index contributed by atoms with van der Waals surface area (Å²) in [5.74, 6) is 0.389. The van der Waals surface area contributed by atoms with Gasteiger partial charge in [0.05, 0.1) is 6.54 Å². The van der Waals surface area contributed by atoms with Crippen LogP contribution in [0.1, 0.15) is 23.4 Å². The van der Waals surface area contributed by atoms with E-state index in [1.807, 2.05) is 0 Å². The van der Waals surface area contributed by atoms with Gasteiger partial charge in [0.25, 0.3) is 0 Å². The van der Waals surface area contributed by atoms with Crippen LogP contribution in [0, 0.1) is 0 Å². The molecule has 0 radical (unpaired) electrons. The molecular formula is C13H12ClNO2. The lowest BCUT2D eigenvalue weighted by molar-refractivity contribution is 0.0966. The standard InChI is InChI=1S/C13H12ClNO2/c14-9-1-4-12-8(5-9)6-13(17-12)11(16)7-15-10-2-3-10/h1,4-6,10,15H,2-3,7H2. The number of carbonyl (C=O) groups excluding carboxylic acids is 1. The molecule has 0 saturated heterocycles. The Morgan fingerprint density at radius 2 is 2.24 bits per heavy atom. The van der Waals surface area contributed by atoms with E-state index in [0.29, 0.717) is 29.0 Å². The molecule has 1 N–H and O–H groups in total. The zero-order valence-corrected chi connectivity index (χ0v) is 9.96. The molecule has 0 amide bonds. The van der Waals surface area contributed by atoms with Crippen LogP contribution in [0.15, 0.2) is 28.7 Å². The van der Waals surface area contributed by atoms with E-state index in [9.17, 15) is 4.79 Å². The molecule has 0 unspecified atom stereocenters. The first-order chi connectivity index (χ1) is 8.22. The highest BCUT2D eigenvalue weighted by atomic mass is 35.5. The zero-order valence-electron chi connectivity index (χ0n) is 9.20. The van der Waals surface area contributed by atoms with Crippen LogP contribution in [-0.2, 0) is 0 Å². The van der Waals surface area contributed by atoms with Gasteiger partial charge in [0.1, 0.15) is 5.58 Å². The molecule has 1 aromatic heterocycles. The number of fused-ring (bicyclic) bond motifs is 1. The van der Waals surface area contributed by atoms with Crippen molar-refractivity contribution in [1.29, 1.82) is 0 Å². The number of hydrogen-bond donors (Lipinski definition) is 1. The van der Waals surface area contributed by atoms with Gasteiger partial charge in [0, 0.05) is 16.5 Å². The van der Waals surface area contributed by atoms with Crippen LogP contribution in [0.4, 0.5) is 0 Å². The third kappa shape index (κ3) is 2.35. The Morgan fingerprint density at radius 1 is 1.41 bits per heavy atom. The number of rotatable bonds is 4. The summed E-state index contributed by atoms with van der Waals surface area (Å²) < 4.78 is 5.49. The SMILES string of the molecule is O=C(CNC1CC1)c1cc2cc(Cl)ccc2o1. The van der Waals surface area contributed by atoms with E-state index < -0.39 is 0 Å². The third-order valence-corrected chi connectivity index (χ3v) is 3.12. The summed E-state index contributed by atoms with van der Waals surface area (Å²) in [6.45, 7) is 0.345. The van der Waals surface area contributed by atoms with Gasteiger partial charge < -0.3 is 9.73 Å². The predicted molar refractivity (Wildman–Crippen MR) is 66.6 cm³/mol. The molecule has 1 saturated carbocycles. The molecule has 0 spiro atoms. The van der Waals surface area contributed by atoms with Crippen LogP contribution < -0.4 is 5.32 Å². The summed E-state index contributed by atoms with van der Waals surface area (Å²) in [6, 6.07) is 7.61. The van der Waals surface area contributed by atoms with E-state index in [4.69, 9.17) is 16.0 Å². The summed E-state index contributed by atoms with van der Waals surface area (Å²) in [6.07, 6.45) is 2.34. The molecule has 1 fully saturated rings. The average molecular weight is 250 g/mol. The second kappa shape index (κ2) is 4.17. The normalized spacial score (nSPS) is 15.4. The number of carbonyl (C=O) groups is 1. The first kappa shape index (κ1) is 10.8. The minimum atomic E-state index is -0.00998. The second-order valence-corrected chi connectivity index (χ2v) is 4.81. The van der Waals surface area contributed by atoms with Crippen LogP contribution in [-0.4, -0.2) is 18.4 Å². The second-order valence-electron chi connectivity index (χ2n) is 4.37. The van der Waals surface area contributed by atoms with E-state index in [0.717, 1.165) is 5.39 Å². The minimum Gasteiger partial charge on any atom is -0.453 e. The van der Waals surface area contributed by atoms with Crippen molar-refractivity contribution in [2.24, 2.45) is 0 Å². The van der Waals surface area contributed by atoms with Gasteiger partial charge in [0.15, 0.2) is 5.76 Å². The molecule has 0 atom stereocenters. The van der Waals surface area contributed by atoms with Crippen LogP contribution in [0.2, 0.25) is 5.02 Å². The molecule has 4 heteroatoms. The van der Waals surface area contributed by atoms with Gasteiger partial charge in [0.2, 0.25) is 5.78 Å². The molecule has 3 nitrogen and oxygen atoms in total. The van der Waals surface area contributed by atoms with Crippen molar-refractivity contribution in [2.45, 2.75) is 18.9 Å². The van der Waals surface area contributed by atoms with Crippen molar-refractivity contribution in [1.82, 2.24) is 5.32 Å². The van der Waals surface area contributed by atoms with Gasteiger partial charge >= 0.3 is 0 Å². The Hall–Kier alpha value is -1.32. The van der Waals surface area contributed by atoms with E-state index in [1.54, 1.807) is 24.3 Å². The molecule has 1 aliphatic rings. The number of benzene rings is 1. The van der Waals surface area contributed by atoms with Crippen LogP contribution >= 0.6 is 11.6 Å². The van der Waals surface area contributed by atoms with Crippen molar-refractivity contribution in [2.75, 3.05) is 6.54 Å². The van der Waals surface area contributed by atoms with Crippen molar-refractivity contribution in [3.05, 3.63) is 35.0 Å². The maximum atomic E-state index is 11.8. The maximum absolute atomic E-state index is 11.8. The Labute approximate surface area is 104 Å². The minimum absolute atomic E-state index is 0.00998. The highest BCUT2D eigenvalue weighted by molar-refractivity contribution is 6.31. The summed E-state index contributed by atoms with van der Waals surface area (Å²) in [7, 11) is 0. The summed E-state index contributed by atoms with van der Waals surface area (Å²) in [5.41, 5.74) is 0.698. The van der Waals surface area contributed by atoms with E-state index in [-0.39, 0.29) is 5.78 Å². The van der Waals surface area contributed by atoms with Crippen molar-refractivity contribution < 1.29 is 9.21 Å². The lowest BCUT2D eigenvalue weighted by atomic mass is 10.2. The van der Waals surface area contributed by atoms with E-state index in [1.165, 1.54) is 12.8 Å². The average Bonchev–Trinajstić information content (AvgIpc) is 3.04. The molecule has 1 heterocycles.